The molecule has 0 radical (unpaired) electrons. The summed E-state index contributed by atoms with van der Waals surface area (Å²) in [5.41, 5.74) is 1.63. The summed E-state index contributed by atoms with van der Waals surface area (Å²) >= 11 is 1.31. The maximum absolute atomic E-state index is 13.2. The lowest BCUT2D eigenvalue weighted by Crippen LogP contribution is -2.13. The van der Waals surface area contributed by atoms with Crippen molar-refractivity contribution in [3.05, 3.63) is 91.1 Å². The van der Waals surface area contributed by atoms with Crippen molar-refractivity contribution in [2.45, 2.75) is 21.6 Å². The number of aromatic nitrogens is 1. The topological polar surface area (TPSA) is 108 Å². The Morgan fingerprint density at radius 3 is 2.36 bits per heavy atom. The van der Waals surface area contributed by atoms with E-state index in [-0.39, 0.29) is 16.6 Å². The van der Waals surface area contributed by atoms with Gasteiger partial charge in [0.05, 0.1) is 21.0 Å². The number of phenolic OH excluding ortho intramolecular Hbond substituents is 1. The normalized spacial score (nSPS) is 11.5. The standard InChI is InChI=1S/C27H21N3O4S2/c1-17(31)29-19-11-13-20(14-12-19)36(33,34)30-23-16-25(27(32)22-9-3-2-8-21(22)23)35-24-10-4-6-18-7-5-15-28-26(18)24/h2-16,30,32H,1H3,(H,29,31). The van der Waals surface area contributed by atoms with Crippen LogP contribution in [0.15, 0.2) is 106 Å². The third-order valence-corrected chi connectivity index (χ3v) is 7.99. The molecular weight excluding hydrogens is 494 g/mol. The van der Waals surface area contributed by atoms with Gasteiger partial charge in [0.1, 0.15) is 5.75 Å². The Hall–Kier alpha value is -4.08. The molecule has 0 fully saturated rings. The number of amides is 1. The number of carbonyl (C=O) groups excluding carboxylic acids is 1. The summed E-state index contributed by atoms with van der Waals surface area (Å²) in [6, 6.07) is 24.2. The number of aromatic hydroxyl groups is 1. The first-order chi connectivity index (χ1) is 17.3. The van der Waals surface area contributed by atoms with Crippen LogP contribution in [0.3, 0.4) is 0 Å². The minimum atomic E-state index is -3.95. The van der Waals surface area contributed by atoms with Gasteiger partial charge in [-0.3, -0.25) is 14.5 Å². The van der Waals surface area contributed by atoms with E-state index < -0.39 is 10.0 Å². The summed E-state index contributed by atoms with van der Waals surface area (Å²) in [5.74, 6) is -0.183. The molecule has 180 valence electrons. The molecule has 5 aromatic rings. The third kappa shape index (κ3) is 4.71. The van der Waals surface area contributed by atoms with Crippen LogP contribution in [0.25, 0.3) is 21.7 Å². The van der Waals surface area contributed by atoms with Crippen molar-refractivity contribution >= 4 is 60.7 Å². The second-order valence-electron chi connectivity index (χ2n) is 8.06. The number of para-hydroxylation sites is 1. The summed E-state index contributed by atoms with van der Waals surface area (Å²) in [4.78, 5) is 17.1. The second kappa shape index (κ2) is 9.52. The van der Waals surface area contributed by atoms with Crippen molar-refractivity contribution in [2.24, 2.45) is 0 Å². The molecule has 0 unspecified atom stereocenters. The second-order valence-corrected chi connectivity index (χ2v) is 10.8. The van der Waals surface area contributed by atoms with Gasteiger partial charge in [-0.25, -0.2) is 8.42 Å². The minimum absolute atomic E-state index is 0.0428. The molecule has 1 amide bonds. The highest BCUT2D eigenvalue weighted by Crippen LogP contribution is 2.44. The van der Waals surface area contributed by atoms with Gasteiger partial charge >= 0.3 is 0 Å². The largest absolute Gasteiger partial charge is 0.506 e. The van der Waals surface area contributed by atoms with Crippen LogP contribution in [0, 0.1) is 0 Å². The average molecular weight is 516 g/mol. The molecule has 1 heterocycles. The van der Waals surface area contributed by atoms with Crippen LogP contribution in [-0.4, -0.2) is 24.4 Å². The van der Waals surface area contributed by atoms with E-state index in [2.05, 4.69) is 15.0 Å². The van der Waals surface area contributed by atoms with Crippen molar-refractivity contribution in [2.75, 3.05) is 10.0 Å². The average Bonchev–Trinajstić information content (AvgIpc) is 2.87. The quantitative estimate of drug-likeness (QED) is 0.239. The first-order valence-corrected chi connectivity index (χ1v) is 13.3. The summed E-state index contributed by atoms with van der Waals surface area (Å²) in [5, 5.41) is 15.7. The fraction of sp³-hybridized carbons (Fsp3) is 0.0370. The van der Waals surface area contributed by atoms with Crippen molar-refractivity contribution in [3.63, 3.8) is 0 Å². The molecule has 36 heavy (non-hydrogen) atoms. The van der Waals surface area contributed by atoms with Crippen molar-refractivity contribution in [1.82, 2.24) is 4.98 Å². The number of pyridine rings is 1. The first kappa shape index (κ1) is 23.7. The SMILES string of the molecule is CC(=O)Nc1ccc(S(=O)(=O)Nc2cc(Sc3cccc4cccnc34)c(O)c3ccccc23)cc1. The number of benzene rings is 4. The van der Waals surface area contributed by atoms with E-state index >= 15 is 0 Å². The van der Waals surface area contributed by atoms with Crippen LogP contribution in [0.5, 0.6) is 5.75 Å². The zero-order chi connectivity index (χ0) is 25.3. The van der Waals surface area contributed by atoms with E-state index in [0.29, 0.717) is 27.0 Å². The molecule has 3 N–H and O–H groups in total. The Labute approximate surface area is 212 Å². The fourth-order valence-corrected chi connectivity index (χ4v) is 6.00. The highest BCUT2D eigenvalue weighted by molar-refractivity contribution is 7.99. The van der Waals surface area contributed by atoms with E-state index in [1.807, 2.05) is 30.3 Å². The summed E-state index contributed by atoms with van der Waals surface area (Å²) in [7, 11) is -3.95. The van der Waals surface area contributed by atoms with Gasteiger partial charge in [-0.15, -0.1) is 0 Å². The number of hydrogen-bond donors (Lipinski definition) is 3. The van der Waals surface area contributed by atoms with Crippen LogP contribution in [0.1, 0.15) is 6.92 Å². The molecule has 5 rings (SSSR count). The Morgan fingerprint density at radius 1 is 0.889 bits per heavy atom. The predicted octanol–water partition coefficient (Wildman–Crippen LogP) is 6.00. The molecule has 4 aromatic carbocycles. The van der Waals surface area contributed by atoms with E-state index in [1.54, 1.807) is 36.5 Å². The summed E-state index contributed by atoms with van der Waals surface area (Å²) in [6.45, 7) is 1.38. The molecule has 7 nitrogen and oxygen atoms in total. The molecule has 0 saturated heterocycles. The molecule has 1 aromatic heterocycles. The smallest absolute Gasteiger partial charge is 0.261 e. The lowest BCUT2D eigenvalue weighted by atomic mass is 10.1. The van der Waals surface area contributed by atoms with Gasteiger partial charge in [-0.2, -0.15) is 0 Å². The van der Waals surface area contributed by atoms with Crippen molar-refractivity contribution in [3.8, 4) is 5.75 Å². The Bertz CT molecular complexity index is 1710. The van der Waals surface area contributed by atoms with E-state index in [1.165, 1.54) is 43.0 Å². The molecule has 0 aliphatic heterocycles. The van der Waals surface area contributed by atoms with Crippen LogP contribution >= 0.6 is 11.8 Å². The number of phenols is 1. The van der Waals surface area contributed by atoms with E-state index in [0.717, 1.165) is 15.8 Å². The molecule has 0 aliphatic rings. The highest BCUT2D eigenvalue weighted by atomic mass is 32.2. The van der Waals surface area contributed by atoms with Gasteiger partial charge in [-0.05, 0) is 42.5 Å². The maximum Gasteiger partial charge on any atom is 0.261 e. The van der Waals surface area contributed by atoms with Crippen LogP contribution < -0.4 is 10.0 Å². The van der Waals surface area contributed by atoms with E-state index in [9.17, 15) is 18.3 Å². The number of nitrogens with one attached hydrogen (secondary N) is 2. The number of rotatable bonds is 6. The van der Waals surface area contributed by atoms with Gasteiger partial charge in [-0.1, -0.05) is 54.2 Å². The lowest BCUT2D eigenvalue weighted by molar-refractivity contribution is -0.114. The monoisotopic (exact) mass is 515 g/mol. The summed E-state index contributed by atoms with van der Waals surface area (Å²) < 4.78 is 29.1. The predicted molar refractivity (Wildman–Crippen MR) is 143 cm³/mol. The number of sulfonamides is 1. The molecule has 0 spiro atoms. The van der Waals surface area contributed by atoms with Crippen molar-refractivity contribution < 1.29 is 18.3 Å². The Morgan fingerprint density at radius 2 is 1.61 bits per heavy atom. The lowest BCUT2D eigenvalue weighted by Gasteiger charge is -2.15. The molecule has 0 atom stereocenters. The zero-order valence-electron chi connectivity index (χ0n) is 19.1. The zero-order valence-corrected chi connectivity index (χ0v) is 20.7. The summed E-state index contributed by atoms with van der Waals surface area (Å²) in [6.07, 6.45) is 1.71. The van der Waals surface area contributed by atoms with Crippen LogP contribution in [-0.2, 0) is 14.8 Å². The first-order valence-electron chi connectivity index (χ1n) is 11.0. The van der Waals surface area contributed by atoms with Gasteiger partial charge in [0.15, 0.2) is 0 Å². The molecular formula is C27H21N3O4S2. The number of anilines is 2. The maximum atomic E-state index is 13.2. The Balaban J connectivity index is 1.56. The Kier molecular flexibility index (Phi) is 6.26. The number of hydrogen-bond acceptors (Lipinski definition) is 6. The molecule has 9 heteroatoms. The van der Waals surface area contributed by atoms with Crippen LogP contribution in [0.2, 0.25) is 0 Å². The van der Waals surface area contributed by atoms with Crippen molar-refractivity contribution in [1.29, 1.82) is 0 Å². The van der Waals surface area contributed by atoms with Gasteiger partial charge < -0.3 is 10.4 Å². The van der Waals surface area contributed by atoms with Gasteiger partial charge in [0.2, 0.25) is 5.91 Å². The molecule has 0 bridgehead atoms. The minimum Gasteiger partial charge on any atom is -0.506 e. The van der Waals surface area contributed by atoms with Crippen LogP contribution in [0.4, 0.5) is 11.4 Å². The highest BCUT2D eigenvalue weighted by Gasteiger charge is 2.19. The number of nitrogens with zero attached hydrogens (tertiary/aromatic N) is 1. The van der Waals surface area contributed by atoms with Gasteiger partial charge in [0.25, 0.3) is 10.0 Å². The van der Waals surface area contributed by atoms with Gasteiger partial charge in [0, 0.05) is 39.9 Å². The fourth-order valence-electron chi connectivity index (χ4n) is 3.90. The number of fused-ring (bicyclic) bond motifs is 2. The third-order valence-electron chi connectivity index (χ3n) is 5.53. The molecule has 0 saturated carbocycles. The van der Waals surface area contributed by atoms with E-state index in [4.69, 9.17) is 0 Å². The number of carbonyl (C=O) groups is 1. The molecule has 0 aliphatic carbocycles.